The molecule has 9 heteroatoms. The molecule has 1 N–H and O–H groups in total. The molecule has 0 amide bonds. The normalized spacial score (nSPS) is 10.4. The molecule has 0 aliphatic carbocycles. The Morgan fingerprint density at radius 1 is 1.23 bits per heavy atom. The summed E-state index contributed by atoms with van der Waals surface area (Å²) >= 11 is 1.63. The minimum Gasteiger partial charge on any atom is -0.497 e. The molecular weight excluding hydrogens is 412 g/mol. The van der Waals surface area contributed by atoms with Gasteiger partial charge in [-0.15, -0.1) is 0 Å². The van der Waals surface area contributed by atoms with Crippen molar-refractivity contribution in [2.45, 2.75) is 45.0 Å². The summed E-state index contributed by atoms with van der Waals surface area (Å²) < 4.78 is 10.7. The summed E-state index contributed by atoms with van der Waals surface area (Å²) in [6.45, 7) is 8.88. The van der Waals surface area contributed by atoms with Crippen LogP contribution in [0.5, 0.6) is 11.5 Å². The number of rotatable bonds is 8. The molecule has 1 aromatic carbocycles. The topological polar surface area (TPSA) is 109 Å². The van der Waals surface area contributed by atoms with Crippen molar-refractivity contribution in [3.05, 3.63) is 51.7 Å². The number of nitrogens with zero attached hydrogens (tertiary/aromatic N) is 5. The van der Waals surface area contributed by atoms with Gasteiger partial charge in [0, 0.05) is 40.6 Å². The largest absolute Gasteiger partial charge is 0.497 e. The van der Waals surface area contributed by atoms with E-state index in [0.29, 0.717) is 12.5 Å². The van der Waals surface area contributed by atoms with Gasteiger partial charge in [0.2, 0.25) is 0 Å². The predicted octanol–water partition coefficient (Wildman–Crippen LogP) is 6.23. The summed E-state index contributed by atoms with van der Waals surface area (Å²) in [4.78, 5) is 15.1. The van der Waals surface area contributed by atoms with E-state index in [2.05, 4.69) is 38.8 Å². The van der Waals surface area contributed by atoms with Crippen LogP contribution in [0.25, 0.3) is 21.5 Å². The highest BCUT2D eigenvalue weighted by Gasteiger charge is 2.11. The third-order valence-electron chi connectivity index (χ3n) is 4.63. The number of azide groups is 1. The summed E-state index contributed by atoms with van der Waals surface area (Å²) in [5, 5.41) is 4.26. The minimum atomic E-state index is 0.633. The molecule has 8 nitrogen and oxygen atoms in total. The highest BCUT2D eigenvalue weighted by atomic mass is 32.2. The summed E-state index contributed by atoms with van der Waals surface area (Å²) in [6.07, 6.45) is 2.84. The molecule has 0 radical (unpaired) electrons. The van der Waals surface area contributed by atoms with Crippen molar-refractivity contribution in [1.29, 1.82) is 0 Å². The van der Waals surface area contributed by atoms with E-state index in [1.54, 1.807) is 26.0 Å². The first-order valence-electron chi connectivity index (χ1n) is 10.1. The van der Waals surface area contributed by atoms with Gasteiger partial charge in [-0.1, -0.05) is 30.7 Å². The van der Waals surface area contributed by atoms with Crippen LogP contribution in [0.4, 0.5) is 0 Å². The number of benzene rings is 1. The Hall–Kier alpha value is -2.90. The number of aromatic amines is 1. The zero-order chi connectivity index (χ0) is 22.8. The van der Waals surface area contributed by atoms with E-state index >= 15 is 0 Å². The SMILES string of the molecule is CC(C)CCN=[N+]=[N-].COc1ccc2nc(SCc3ncc(C)c(OC)c3C)[nH]c2c1. The molecule has 0 unspecified atom stereocenters. The summed E-state index contributed by atoms with van der Waals surface area (Å²) in [5.74, 6) is 3.10. The van der Waals surface area contributed by atoms with Crippen LogP contribution in [-0.2, 0) is 5.75 Å². The minimum absolute atomic E-state index is 0.633. The molecule has 2 heterocycles. The van der Waals surface area contributed by atoms with Crippen LogP contribution in [0.2, 0.25) is 0 Å². The Morgan fingerprint density at radius 3 is 2.65 bits per heavy atom. The zero-order valence-corrected chi connectivity index (χ0v) is 19.8. The average molecular weight is 443 g/mol. The lowest BCUT2D eigenvalue weighted by atomic mass is 10.1. The number of aromatic nitrogens is 3. The van der Waals surface area contributed by atoms with Gasteiger partial charge in [-0.3, -0.25) is 4.98 Å². The van der Waals surface area contributed by atoms with Crippen LogP contribution in [-0.4, -0.2) is 35.7 Å². The van der Waals surface area contributed by atoms with E-state index in [1.807, 2.05) is 38.2 Å². The molecule has 166 valence electrons. The quantitative estimate of drug-likeness (QED) is 0.192. The Bertz CT molecular complexity index is 1040. The third kappa shape index (κ3) is 7.08. The lowest BCUT2D eigenvalue weighted by Crippen LogP contribution is -1.98. The Morgan fingerprint density at radius 2 is 2.00 bits per heavy atom. The second kappa shape index (κ2) is 12.1. The standard InChI is InChI=1S/C17H19N3O2S.C5H11N3/c1-10-8-18-15(11(2)16(10)22-4)9-23-17-19-13-6-5-12(21-3)7-14(13)20-17;1-5(2)3-4-7-8-6/h5-8H,9H2,1-4H3,(H,19,20);5H,3-4H2,1-2H3. The second-order valence-electron chi connectivity index (χ2n) is 7.40. The lowest BCUT2D eigenvalue weighted by Gasteiger charge is -2.11. The van der Waals surface area contributed by atoms with Gasteiger partial charge in [-0.2, -0.15) is 0 Å². The van der Waals surface area contributed by atoms with E-state index in [9.17, 15) is 0 Å². The van der Waals surface area contributed by atoms with Crippen LogP contribution in [0.15, 0.2) is 34.7 Å². The van der Waals surface area contributed by atoms with Crippen molar-refractivity contribution in [2.75, 3.05) is 20.8 Å². The van der Waals surface area contributed by atoms with Crippen molar-refractivity contribution in [2.24, 2.45) is 11.0 Å². The van der Waals surface area contributed by atoms with Gasteiger partial charge in [0.15, 0.2) is 5.16 Å². The molecule has 0 spiro atoms. The van der Waals surface area contributed by atoms with Crippen LogP contribution >= 0.6 is 11.8 Å². The predicted molar refractivity (Wildman–Crippen MR) is 126 cm³/mol. The highest BCUT2D eigenvalue weighted by molar-refractivity contribution is 7.98. The molecule has 0 saturated carbocycles. The first-order valence-corrected chi connectivity index (χ1v) is 11.0. The number of ether oxygens (including phenoxy) is 2. The summed E-state index contributed by atoms with van der Waals surface area (Å²) in [6, 6.07) is 5.81. The number of thioether (sulfide) groups is 1. The van der Waals surface area contributed by atoms with Gasteiger partial charge in [-0.25, -0.2) is 4.98 Å². The molecule has 0 fully saturated rings. The van der Waals surface area contributed by atoms with Crippen LogP contribution in [0.1, 0.15) is 37.1 Å². The number of H-pyrrole nitrogens is 1. The molecule has 0 aliphatic heterocycles. The van der Waals surface area contributed by atoms with Crippen molar-refractivity contribution >= 4 is 22.8 Å². The first-order chi connectivity index (χ1) is 14.9. The molecule has 0 aliphatic rings. The molecular formula is C22H30N6O2S. The fraction of sp³-hybridized carbons (Fsp3) is 0.455. The number of hydrogen-bond donors (Lipinski definition) is 1. The Balaban J connectivity index is 0.000000366. The van der Waals surface area contributed by atoms with Gasteiger partial charge < -0.3 is 14.5 Å². The van der Waals surface area contributed by atoms with Crippen molar-refractivity contribution in [1.82, 2.24) is 15.0 Å². The molecule has 3 rings (SSSR count). The van der Waals surface area contributed by atoms with Crippen LogP contribution in [0.3, 0.4) is 0 Å². The van der Waals surface area contributed by atoms with Gasteiger partial charge in [0.1, 0.15) is 11.5 Å². The maximum absolute atomic E-state index is 7.84. The van der Waals surface area contributed by atoms with Crippen molar-refractivity contribution < 1.29 is 9.47 Å². The third-order valence-corrected chi connectivity index (χ3v) is 5.52. The van der Waals surface area contributed by atoms with E-state index < -0.39 is 0 Å². The van der Waals surface area contributed by atoms with Gasteiger partial charge in [-0.05, 0) is 43.9 Å². The van der Waals surface area contributed by atoms with Crippen LogP contribution in [0, 0.1) is 19.8 Å². The number of fused-ring (bicyclic) bond motifs is 1. The monoisotopic (exact) mass is 442 g/mol. The number of aryl methyl sites for hydroxylation is 1. The van der Waals surface area contributed by atoms with Crippen molar-refractivity contribution in [3.63, 3.8) is 0 Å². The Kier molecular flexibility index (Phi) is 9.49. The molecule has 0 bridgehead atoms. The van der Waals surface area contributed by atoms with Gasteiger partial charge >= 0.3 is 0 Å². The van der Waals surface area contributed by atoms with Gasteiger partial charge in [0.25, 0.3) is 0 Å². The van der Waals surface area contributed by atoms with Crippen LogP contribution < -0.4 is 9.47 Å². The molecule has 2 aromatic heterocycles. The van der Waals surface area contributed by atoms with E-state index in [1.165, 1.54) is 0 Å². The van der Waals surface area contributed by atoms with E-state index in [4.69, 9.17) is 15.0 Å². The van der Waals surface area contributed by atoms with Crippen molar-refractivity contribution in [3.8, 4) is 11.5 Å². The smallest absolute Gasteiger partial charge is 0.166 e. The average Bonchev–Trinajstić information content (AvgIpc) is 3.16. The maximum atomic E-state index is 7.84. The van der Waals surface area contributed by atoms with E-state index in [0.717, 1.165) is 56.7 Å². The molecule has 0 saturated heterocycles. The zero-order valence-electron chi connectivity index (χ0n) is 19.0. The number of hydrogen-bond acceptors (Lipinski definition) is 6. The summed E-state index contributed by atoms with van der Waals surface area (Å²) in [5.41, 5.74) is 12.9. The molecule has 3 aromatic rings. The number of pyridine rings is 1. The Labute approximate surface area is 187 Å². The highest BCUT2D eigenvalue weighted by Crippen LogP contribution is 2.29. The number of nitrogens with one attached hydrogen (secondary N) is 1. The number of imidazole rings is 1. The fourth-order valence-electron chi connectivity index (χ4n) is 2.87. The summed E-state index contributed by atoms with van der Waals surface area (Å²) in [7, 11) is 3.35. The lowest BCUT2D eigenvalue weighted by molar-refractivity contribution is 0.407. The van der Waals surface area contributed by atoms with E-state index in [-0.39, 0.29) is 0 Å². The van der Waals surface area contributed by atoms with Gasteiger partial charge in [0.05, 0.1) is 30.9 Å². The maximum Gasteiger partial charge on any atom is 0.166 e. The fourth-order valence-corrected chi connectivity index (χ4v) is 3.78. The molecule has 31 heavy (non-hydrogen) atoms. The second-order valence-corrected chi connectivity index (χ2v) is 8.36. The molecule has 0 atom stereocenters. The first kappa shape index (κ1) is 24.4. The number of methoxy groups -OCH3 is 2.